The van der Waals surface area contributed by atoms with Crippen molar-refractivity contribution in [3.8, 4) is 0 Å². The molecule has 0 aliphatic heterocycles. The van der Waals surface area contributed by atoms with Crippen LogP contribution in [0.4, 0.5) is 10.3 Å². The number of hydrogen-bond donors (Lipinski definition) is 3. The van der Waals surface area contributed by atoms with Crippen molar-refractivity contribution in [2.45, 2.75) is 33.1 Å². The number of carbonyl (C=O) groups is 2. The minimum absolute atomic E-state index is 0.0413. The van der Waals surface area contributed by atoms with Crippen LogP contribution >= 0.6 is 0 Å². The van der Waals surface area contributed by atoms with Gasteiger partial charge in [0.05, 0.1) is 18.0 Å². The van der Waals surface area contributed by atoms with Gasteiger partial charge in [-0.05, 0) is 24.5 Å². The van der Waals surface area contributed by atoms with E-state index >= 15 is 0 Å². The van der Waals surface area contributed by atoms with E-state index in [1.807, 2.05) is 0 Å². The molecule has 2 rings (SSSR count). The maximum absolute atomic E-state index is 13.1. The van der Waals surface area contributed by atoms with Gasteiger partial charge in [-0.3, -0.25) is 25.6 Å². The molecule has 1 atom stereocenters. The van der Waals surface area contributed by atoms with E-state index in [-0.39, 0.29) is 18.9 Å². The van der Waals surface area contributed by atoms with Gasteiger partial charge in [-0.1, -0.05) is 26.7 Å². The van der Waals surface area contributed by atoms with Gasteiger partial charge in [0.15, 0.2) is 0 Å². The quantitative estimate of drug-likeness (QED) is 0.328. The summed E-state index contributed by atoms with van der Waals surface area (Å²) in [6.45, 7) is 4.04. The SMILES string of the molecule is CC(C)CCCC(CN(O)C=O)C(=O)NNc1nnc2cc(F)ccc2n1. The number of nitrogens with one attached hydrogen (secondary N) is 2. The number of hydrogen-bond acceptors (Lipinski definition) is 7. The molecule has 10 heteroatoms. The van der Waals surface area contributed by atoms with Crippen LogP contribution in [0.1, 0.15) is 33.1 Å². The third-order valence-corrected chi connectivity index (χ3v) is 3.95. The van der Waals surface area contributed by atoms with Crippen LogP contribution in [0.2, 0.25) is 0 Å². The molecular weight excluding hydrogens is 355 g/mol. The van der Waals surface area contributed by atoms with Crippen LogP contribution in [0.15, 0.2) is 18.2 Å². The predicted octanol–water partition coefficient (Wildman–Crippen LogP) is 1.90. The van der Waals surface area contributed by atoms with E-state index in [0.29, 0.717) is 28.4 Å². The standard InChI is InChI=1S/C17H23FN6O3/c1-11(2)4-3-5-12(9-24(27)10-25)16(26)21-23-17-19-14-7-6-13(18)8-15(14)20-22-17/h6-8,10-12,27H,3-5,9H2,1-2H3,(H,21,26)(H,19,22,23). The normalized spacial score (nSPS) is 12.0. The number of carbonyl (C=O) groups excluding carboxylic acids is 2. The number of nitrogens with zero attached hydrogens (tertiary/aromatic N) is 4. The molecule has 27 heavy (non-hydrogen) atoms. The van der Waals surface area contributed by atoms with Crippen LogP contribution in [0.5, 0.6) is 0 Å². The summed E-state index contributed by atoms with van der Waals surface area (Å²) in [6.07, 6.45) is 2.47. The smallest absolute Gasteiger partial charge is 0.262 e. The molecule has 1 aromatic carbocycles. The van der Waals surface area contributed by atoms with Crippen molar-refractivity contribution < 1.29 is 19.2 Å². The Bertz CT molecular complexity index is 788. The first-order valence-electron chi connectivity index (χ1n) is 8.65. The Hall–Kier alpha value is -2.88. The summed E-state index contributed by atoms with van der Waals surface area (Å²) >= 11 is 0. The van der Waals surface area contributed by atoms with Crippen LogP contribution in [0, 0.1) is 17.7 Å². The third-order valence-electron chi connectivity index (χ3n) is 3.95. The highest BCUT2D eigenvalue weighted by atomic mass is 19.1. The summed E-state index contributed by atoms with van der Waals surface area (Å²) in [5, 5.41) is 17.5. The van der Waals surface area contributed by atoms with Gasteiger partial charge in [0.25, 0.3) is 5.95 Å². The molecule has 2 aromatic rings. The number of hydroxylamine groups is 2. The molecule has 1 heterocycles. The third kappa shape index (κ3) is 6.41. The molecule has 0 spiro atoms. The Kier molecular flexibility index (Phi) is 7.35. The molecule has 0 aliphatic rings. The molecule has 0 bridgehead atoms. The number of hydrazine groups is 1. The highest BCUT2D eigenvalue weighted by Crippen LogP contribution is 2.14. The molecule has 1 unspecified atom stereocenters. The Labute approximate surface area is 155 Å². The molecule has 0 aliphatic carbocycles. The van der Waals surface area contributed by atoms with E-state index in [2.05, 4.69) is 39.9 Å². The monoisotopic (exact) mass is 378 g/mol. The molecule has 0 fully saturated rings. The van der Waals surface area contributed by atoms with Gasteiger partial charge in [0, 0.05) is 6.07 Å². The summed E-state index contributed by atoms with van der Waals surface area (Å²) in [6, 6.07) is 3.91. The maximum Gasteiger partial charge on any atom is 0.262 e. The highest BCUT2D eigenvalue weighted by Gasteiger charge is 2.21. The fraction of sp³-hybridized carbons (Fsp3) is 0.471. The van der Waals surface area contributed by atoms with E-state index in [1.54, 1.807) is 0 Å². The molecular formula is C17H23FN6O3. The molecule has 2 amide bonds. The van der Waals surface area contributed by atoms with E-state index in [9.17, 15) is 19.2 Å². The fourth-order valence-electron chi connectivity index (χ4n) is 2.53. The zero-order valence-corrected chi connectivity index (χ0v) is 15.2. The zero-order chi connectivity index (χ0) is 19.8. The lowest BCUT2D eigenvalue weighted by molar-refractivity contribution is -0.154. The van der Waals surface area contributed by atoms with Crippen molar-refractivity contribution in [1.82, 2.24) is 25.7 Å². The molecule has 9 nitrogen and oxygen atoms in total. The van der Waals surface area contributed by atoms with Crippen LogP contribution in [-0.4, -0.2) is 44.3 Å². The number of rotatable bonds is 10. The Morgan fingerprint density at radius 3 is 2.78 bits per heavy atom. The topological polar surface area (TPSA) is 120 Å². The Morgan fingerprint density at radius 2 is 2.07 bits per heavy atom. The number of amides is 2. The molecule has 3 N–H and O–H groups in total. The lowest BCUT2D eigenvalue weighted by Crippen LogP contribution is -2.40. The zero-order valence-electron chi connectivity index (χ0n) is 15.2. The molecule has 146 valence electrons. The highest BCUT2D eigenvalue weighted by molar-refractivity contribution is 5.80. The van der Waals surface area contributed by atoms with E-state index < -0.39 is 17.6 Å². The Balaban J connectivity index is 1.98. The second kappa shape index (κ2) is 9.72. The minimum Gasteiger partial charge on any atom is -0.286 e. The van der Waals surface area contributed by atoms with Gasteiger partial charge in [-0.2, -0.15) is 0 Å². The maximum atomic E-state index is 13.1. The van der Waals surface area contributed by atoms with E-state index in [4.69, 9.17) is 0 Å². The summed E-state index contributed by atoms with van der Waals surface area (Å²) in [4.78, 5) is 27.2. The number of anilines is 1. The molecule has 0 saturated carbocycles. The fourth-order valence-corrected chi connectivity index (χ4v) is 2.53. The van der Waals surface area contributed by atoms with E-state index in [0.717, 1.165) is 12.8 Å². The van der Waals surface area contributed by atoms with Crippen molar-refractivity contribution in [2.24, 2.45) is 11.8 Å². The van der Waals surface area contributed by atoms with Gasteiger partial charge in [0.2, 0.25) is 12.3 Å². The van der Waals surface area contributed by atoms with Crippen molar-refractivity contribution in [1.29, 1.82) is 0 Å². The van der Waals surface area contributed by atoms with Gasteiger partial charge in [-0.25, -0.2) is 14.4 Å². The minimum atomic E-state index is -0.603. The first-order chi connectivity index (χ1) is 12.9. The van der Waals surface area contributed by atoms with Crippen LogP contribution in [0.25, 0.3) is 11.0 Å². The van der Waals surface area contributed by atoms with E-state index in [1.165, 1.54) is 18.2 Å². The first kappa shape index (κ1) is 20.4. The predicted molar refractivity (Wildman–Crippen MR) is 95.8 cm³/mol. The number of fused-ring (bicyclic) bond motifs is 1. The summed E-state index contributed by atoms with van der Waals surface area (Å²) in [5.74, 6) is -0.929. The first-order valence-corrected chi connectivity index (χ1v) is 8.65. The van der Waals surface area contributed by atoms with Crippen LogP contribution < -0.4 is 10.9 Å². The summed E-state index contributed by atoms with van der Waals surface area (Å²) < 4.78 is 13.1. The van der Waals surface area contributed by atoms with Crippen molar-refractivity contribution in [2.75, 3.05) is 12.0 Å². The summed E-state index contributed by atoms with van der Waals surface area (Å²) in [7, 11) is 0. The van der Waals surface area contributed by atoms with Crippen molar-refractivity contribution >= 4 is 29.3 Å². The van der Waals surface area contributed by atoms with Gasteiger partial charge >= 0.3 is 0 Å². The van der Waals surface area contributed by atoms with Gasteiger partial charge < -0.3 is 0 Å². The average Bonchev–Trinajstić information content (AvgIpc) is 2.64. The molecule has 0 radical (unpaired) electrons. The lowest BCUT2D eigenvalue weighted by atomic mass is 9.97. The van der Waals surface area contributed by atoms with Gasteiger partial charge in [-0.15, -0.1) is 10.2 Å². The second-order valence-electron chi connectivity index (χ2n) is 6.63. The van der Waals surface area contributed by atoms with Crippen molar-refractivity contribution in [3.05, 3.63) is 24.0 Å². The summed E-state index contributed by atoms with van der Waals surface area (Å²) in [5.41, 5.74) is 5.72. The van der Waals surface area contributed by atoms with Crippen LogP contribution in [0.3, 0.4) is 0 Å². The number of halogens is 1. The molecule has 1 aromatic heterocycles. The number of benzene rings is 1. The lowest BCUT2D eigenvalue weighted by Gasteiger charge is -2.20. The van der Waals surface area contributed by atoms with Crippen molar-refractivity contribution in [3.63, 3.8) is 0 Å². The number of aromatic nitrogens is 3. The Morgan fingerprint density at radius 1 is 1.30 bits per heavy atom. The van der Waals surface area contributed by atoms with Gasteiger partial charge in [0.1, 0.15) is 11.3 Å². The molecule has 0 saturated heterocycles. The second-order valence-corrected chi connectivity index (χ2v) is 6.63. The largest absolute Gasteiger partial charge is 0.286 e. The average molecular weight is 378 g/mol. The van der Waals surface area contributed by atoms with Crippen LogP contribution in [-0.2, 0) is 9.59 Å².